The zero-order valence-electron chi connectivity index (χ0n) is 16.5. The molecule has 0 aliphatic carbocycles. The van der Waals surface area contributed by atoms with E-state index in [1.807, 2.05) is 36.4 Å². The number of pyridine rings is 1. The molecular formula is C24H17Cl4NO2. The minimum Gasteiger partial charge on any atom is -0.488 e. The largest absolute Gasteiger partial charge is 0.488 e. The summed E-state index contributed by atoms with van der Waals surface area (Å²) in [5.41, 5.74) is 2.91. The Balaban J connectivity index is 1.81. The van der Waals surface area contributed by atoms with Crippen molar-refractivity contribution in [3.8, 4) is 5.75 Å². The van der Waals surface area contributed by atoms with Gasteiger partial charge < -0.3 is 9.30 Å². The highest BCUT2D eigenvalue weighted by atomic mass is 35.5. The lowest BCUT2D eigenvalue weighted by Gasteiger charge is -2.17. The maximum Gasteiger partial charge on any atom is 0.258 e. The normalized spacial score (nSPS) is 11.1. The van der Waals surface area contributed by atoms with Gasteiger partial charge >= 0.3 is 0 Å². The molecule has 1 heterocycles. The van der Waals surface area contributed by atoms with Gasteiger partial charge in [-0.05, 0) is 47.5 Å². The van der Waals surface area contributed by atoms with E-state index in [0.717, 1.165) is 22.0 Å². The van der Waals surface area contributed by atoms with Crippen LogP contribution in [0.3, 0.4) is 0 Å². The second-order valence-electron chi connectivity index (χ2n) is 7.15. The average Bonchev–Trinajstić information content (AvgIpc) is 2.76. The van der Waals surface area contributed by atoms with Crippen LogP contribution in [-0.4, -0.2) is 4.57 Å². The fourth-order valence-electron chi connectivity index (χ4n) is 3.49. The standard InChI is InChI=1S/C24H17Cl4NO2/c1-29-22-5-3-2-4-16(22)23(31-13-15-7-9-19(26)21(28)12-15)17(24(29)30)10-14-6-8-18(25)20(27)11-14/h2-9,11-12H,10,13H2,1H3. The molecule has 0 saturated carbocycles. The molecule has 0 atom stereocenters. The van der Waals surface area contributed by atoms with Crippen molar-refractivity contribution in [2.45, 2.75) is 13.0 Å². The van der Waals surface area contributed by atoms with Gasteiger partial charge in [-0.15, -0.1) is 0 Å². The molecule has 0 fully saturated rings. The molecule has 0 bridgehead atoms. The third-order valence-corrected chi connectivity index (χ3v) is 6.56. The SMILES string of the molecule is Cn1c(=O)c(Cc2ccc(Cl)c(Cl)c2)c(OCc2ccc(Cl)c(Cl)c2)c2ccccc21. The second kappa shape index (κ2) is 9.13. The first-order chi connectivity index (χ1) is 14.8. The van der Waals surface area contributed by atoms with Crippen molar-refractivity contribution in [2.75, 3.05) is 0 Å². The Morgan fingerprint density at radius 3 is 2.10 bits per heavy atom. The van der Waals surface area contributed by atoms with Crippen molar-refractivity contribution < 1.29 is 4.74 Å². The van der Waals surface area contributed by atoms with Crippen LogP contribution in [0.2, 0.25) is 20.1 Å². The van der Waals surface area contributed by atoms with Crippen molar-refractivity contribution in [3.63, 3.8) is 0 Å². The zero-order valence-corrected chi connectivity index (χ0v) is 19.5. The first-order valence-electron chi connectivity index (χ1n) is 9.46. The Morgan fingerprint density at radius 2 is 1.42 bits per heavy atom. The van der Waals surface area contributed by atoms with Crippen LogP contribution in [0, 0.1) is 0 Å². The van der Waals surface area contributed by atoms with Gasteiger partial charge in [-0.1, -0.05) is 70.7 Å². The summed E-state index contributed by atoms with van der Waals surface area (Å²) in [5, 5.41) is 2.68. The van der Waals surface area contributed by atoms with Gasteiger partial charge in [0.05, 0.1) is 31.2 Å². The molecule has 0 saturated heterocycles. The fraction of sp³-hybridized carbons (Fsp3) is 0.125. The van der Waals surface area contributed by atoms with Crippen molar-refractivity contribution >= 4 is 57.3 Å². The Hall–Kier alpha value is -2.17. The van der Waals surface area contributed by atoms with E-state index in [-0.39, 0.29) is 12.2 Å². The van der Waals surface area contributed by atoms with E-state index in [9.17, 15) is 4.79 Å². The van der Waals surface area contributed by atoms with E-state index in [2.05, 4.69) is 0 Å². The molecule has 0 radical (unpaired) electrons. The molecule has 158 valence electrons. The Labute approximate surface area is 199 Å². The highest BCUT2D eigenvalue weighted by Crippen LogP contribution is 2.31. The molecular weight excluding hydrogens is 476 g/mol. The summed E-state index contributed by atoms with van der Waals surface area (Å²) in [6, 6.07) is 18.3. The lowest BCUT2D eigenvalue weighted by Crippen LogP contribution is -2.23. The predicted molar refractivity (Wildman–Crippen MR) is 129 cm³/mol. The number of rotatable bonds is 5. The van der Waals surface area contributed by atoms with Crippen molar-refractivity contribution in [1.82, 2.24) is 4.57 Å². The van der Waals surface area contributed by atoms with Crippen molar-refractivity contribution in [3.05, 3.63) is 108 Å². The quantitative estimate of drug-likeness (QED) is 0.292. The first kappa shape index (κ1) is 22.0. The Kier molecular flexibility index (Phi) is 6.49. The number of nitrogens with zero attached hydrogens (tertiary/aromatic N) is 1. The van der Waals surface area contributed by atoms with E-state index in [1.165, 1.54) is 0 Å². The first-order valence-corrected chi connectivity index (χ1v) is 11.0. The van der Waals surface area contributed by atoms with Gasteiger partial charge in [0.25, 0.3) is 5.56 Å². The molecule has 7 heteroatoms. The van der Waals surface area contributed by atoms with Gasteiger partial charge in [-0.2, -0.15) is 0 Å². The van der Waals surface area contributed by atoms with Gasteiger partial charge in [0.1, 0.15) is 12.4 Å². The summed E-state index contributed by atoms with van der Waals surface area (Å²) in [4.78, 5) is 13.3. The molecule has 4 rings (SSSR count). The predicted octanol–water partition coefficient (Wildman–Crippen LogP) is 7.32. The third kappa shape index (κ3) is 4.56. The summed E-state index contributed by atoms with van der Waals surface area (Å²) in [5.74, 6) is 0.538. The van der Waals surface area contributed by atoms with E-state index >= 15 is 0 Å². The van der Waals surface area contributed by atoms with Gasteiger partial charge in [-0.25, -0.2) is 0 Å². The number of para-hydroxylation sites is 1. The monoisotopic (exact) mass is 491 g/mol. The summed E-state index contributed by atoms with van der Waals surface area (Å²) in [7, 11) is 1.76. The smallest absolute Gasteiger partial charge is 0.258 e. The third-order valence-electron chi connectivity index (χ3n) is 5.08. The van der Waals surface area contributed by atoms with Crippen LogP contribution in [0.15, 0.2) is 65.5 Å². The number of hydrogen-bond donors (Lipinski definition) is 0. The van der Waals surface area contributed by atoms with Crippen LogP contribution >= 0.6 is 46.4 Å². The molecule has 0 unspecified atom stereocenters. The molecule has 31 heavy (non-hydrogen) atoms. The van der Waals surface area contributed by atoms with Crippen LogP contribution in [0.1, 0.15) is 16.7 Å². The van der Waals surface area contributed by atoms with Crippen LogP contribution in [0.4, 0.5) is 0 Å². The lowest BCUT2D eigenvalue weighted by atomic mass is 10.0. The average molecular weight is 493 g/mol. The molecule has 3 nitrogen and oxygen atoms in total. The number of hydrogen-bond acceptors (Lipinski definition) is 2. The van der Waals surface area contributed by atoms with E-state index in [0.29, 0.717) is 37.8 Å². The molecule has 1 aromatic heterocycles. The number of ether oxygens (including phenoxy) is 1. The van der Waals surface area contributed by atoms with Gasteiger partial charge in [0.15, 0.2) is 0 Å². The van der Waals surface area contributed by atoms with Crippen LogP contribution < -0.4 is 10.3 Å². The van der Waals surface area contributed by atoms with E-state index < -0.39 is 0 Å². The van der Waals surface area contributed by atoms with Crippen LogP contribution in [0.5, 0.6) is 5.75 Å². The van der Waals surface area contributed by atoms with E-state index in [1.54, 1.807) is 35.9 Å². The highest BCUT2D eigenvalue weighted by molar-refractivity contribution is 6.42. The molecule has 0 aliphatic heterocycles. The highest BCUT2D eigenvalue weighted by Gasteiger charge is 2.18. The maximum atomic E-state index is 13.3. The van der Waals surface area contributed by atoms with Gasteiger partial charge in [-0.3, -0.25) is 4.79 Å². The maximum absolute atomic E-state index is 13.3. The lowest BCUT2D eigenvalue weighted by molar-refractivity contribution is 0.306. The van der Waals surface area contributed by atoms with Crippen molar-refractivity contribution in [1.29, 1.82) is 0 Å². The molecule has 0 N–H and O–H groups in total. The Morgan fingerprint density at radius 1 is 0.806 bits per heavy atom. The number of aromatic nitrogens is 1. The molecule has 3 aromatic carbocycles. The molecule has 0 aliphatic rings. The molecule has 4 aromatic rings. The minimum absolute atomic E-state index is 0.131. The summed E-state index contributed by atoms with van der Waals surface area (Å²) in [6.45, 7) is 0.239. The summed E-state index contributed by atoms with van der Waals surface area (Å²) < 4.78 is 7.85. The number of aryl methyl sites for hydroxylation is 1. The van der Waals surface area contributed by atoms with Crippen LogP contribution in [0.25, 0.3) is 10.9 Å². The number of benzene rings is 3. The zero-order chi connectivity index (χ0) is 22.1. The number of halogens is 4. The van der Waals surface area contributed by atoms with Crippen molar-refractivity contribution in [2.24, 2.45) is 7.05 Å². The topological polar surface area (TPSA) is 31.2 Å². The number of fused-ring (bicyclic) bond motifs is 1. The molecule has 0 spiro atoms. The second-order valence-corrected chi connectivity index (χ2v) is 8.78. The van der Waals surface area contributed by atoms with Gasteiger partial charge in [0, 0.05) is 18.9 Å². The van der Waals surface area contributed by atoms with E-state index in [4.69, 9.17) is 51.1 Å². The summed E-state index contributed by atoms with van der Waals surface area (Å²) in [6.07, 6.45) is 0.352. The minimum atomic E-state index is -0.131. The fourth-order valence-corrected chi connectivity index (χ4v) is 4.13. The van der Waals surface area contributed by atoms with Gasteiger partial charge in [0.2, 0.25) is 0 Å². The molecule has 0 amide bonds. The van der Waals surface area contributed by atoms with Crippen LogP contribution in [-0.2, 0) is 20.1 Å². The Bertz CT molecular complexity index is 1350. The summed E-state index contributed by atoms with van der Waals surface area (Å²) >= 11 is 24.4.